The van der Waals surface area contributed by atoms with Gasteiger partial charge >= 0.3 is 0 Å². The van der Waals surface area contributed by atoms with Gasteiger partial charge in [0.05, 0.1) is 0 Å². The second kappa shape index (κ2) is 5.63. The Balaban J connectivity index is 2.08. The van der Waals surface area contributed by atoms with Crippen molar-refractivity contribution in [1.82, 2.24) is 4.98 Å². The number of hydrogen-bond donors (Lipinski definition) is 1. The molecule has 0 bridgehead atoms. The van der Waals surface area contributed by atoms with Gasteiger partial charge in [-0.25, -0.2) is 4.98 Å². The minimum Gasteiger partial charge on any atom is -0.324 e. The van der Waals surface area contributed by atoms with Crippen LogP contribution in [0.25, 0.3) is 0 Å². The summed E-state index contributed by atoms with van der Waals surface area (Å²) in [7, 11) is 0. The van der Waals surface area contributed by atoms with E-state index in [1.165, 1.54) is 5.56 Å². The Morgan fingerprint density at radius 2 is 1.88 bits per heavy atom. The van der Waals surface area contributed by atoms with Crippen molar-refractivity contribution in [2.45, 2.75) is 12.5 Å². The molecule has 0 saturated carbocycles. The number of aromatic nitrogens is 1. The molecule has 1 aromatic heterocycles. The molecule has 17 heavy (non-hydrogen) atoms. The van der Waals surface area contributed by atoms with Crippen molar-refractivity contribution in [3.8, 4) is 0 Å². The molecule has 0 aliphatic rings. The fourth-order valence-corrected chi connectivity index (χ4v) is 1.97. The van der Waals surface area contributed by atoms with E-state index >= 15 is 0 Å². The molecule has 88 valence electrons. The van der Waals surface area contributed by atoms with Gasteiger partial charge in [0.2, 0.25) is 0 Å². The zero-order valence-electron chi connectivity index (χ0n) is 9.11. The lowest BCUT2D eigenvalue weighted by Gasteiger charge is -2.11. The van der Waals surface area contributed by atoms with Crippen molar-refractivity contribution in [1.29, 1.82) is 0 Å². The predicted octanol–water partition coefficient (Wildman–Crippen LogP) is 3.74. The standard InChI is InChI=1S/C13H12BrClN2/c14-11-4-1-9(2-5-11)7-12(16)10-3-6-13(15)17-8-10/h1-6,8,12H,7,16H2. The molecule has 0 spiro atoms. The fraction of sp³-hybridized carbons (Fsp3) is 0.154. The van der Waals surface area contributed by atoms with Crippen LogP contribution in [-0.4, -0.2) is 4.98 Å². The van der Waals surface area contributed by atoms with E-state index in [1.807, 2.05) is 18.2 Å². The summed E-state index contributed by atoms with van der Waals surface area (Å²) in [5, 5.41) is 0.490. The third-order valence-electron chi connectivity index (χ3n) is 2.55. The van der Waals surface area contributed by atoms with Crippen LogP contribution >= 0.6 is 27.5 Å². The monoisotopic (exact) mass is 310 g/mol. The van der Waals surface area contributed by atoms with Gasteiger partial charge in [0, 0.05) is 16.7 Å². The molecule has 2 N–H and O–H groups in total. The Labute approximate surface area is 114 Å². The van der Waals surface area contributed by atoms with Gasteiger partial charge in [-0.2, -0.15) is 0 Å². The first-order valence-corrected chi connectivity index (χ1v) is 6.44. The molecular weight excluding hydrogens is 300 g/mol. The predicted molar refractivity (Wildman–Crippen MR) is 74.0 cm³/mol. The maximum absolute atomic E-state index is 6.12. The summed E-state index contributed by atoms with van der Waals surface area (Å²) in [6, 6.07) is 11.8. The van der Waals surface area contributed by atoms with E-state index in [0.29, 0.717) is 5.15 Å². The van der Waals surface area contributed by atoms with Gasteiger partial charge in [-0.05, 0) is 35.7 Å². The topological polar surface area (TPSA) is 38.9 Å². The summed E-state index contributed by atoms with van der Waals surface area (Å²) in [5.74, 6) is 0. The highest BCUT2D eigenvalue weighted by molar-refractivity contribution is 9.10. The van der Waals surface area contributed by atoms with Crippen LogP contribution in [-0.2, 0) is 6.42 Å². The Bertz CT molecular complexity index is 482. The molecule has 0 amide bonds. The van der Waals surface area contributed by atoms with Crippen molar-refractivity contribution >= 4 is 27.5 Å². The van der Waals surface area contributed by atoms with Gasteiger partial charge in [-0.15, -0.1) is 0 Å². The quantitative estimate of drug-likeness (QED) is 0.877. The van der Waals surface area contributed by atoms with Gasteiger partial charge in [0.1, 0.15) is 5.15 Å². The molecule has 1 heterocycles. The van der Waals surface area contributed by atoms with Gasteiger partial charge in [-0.1, -0.05) is 45.7 Å². The Morgan fingerprint density at radius 1 is 1.18 bits per heavy atom. The summed E-state index contributed by atoms with van der Waals surface area (Å²) in [5.41, 5.74) is 8.32. The Hall–Kier alpha value is -0.900. The summed E-state index contributed by atoms with van der Waals surface area (Å²) in [6.45, 7) is 0. The van der Waals surface area contributed by atoms with Gasteiger partial charge < -0.3 is 5.73 Å². The summed E-state index contributed by atoms with van der Waals surface area (Å²) in [4.78, 5) is 4.03. The number of hydrogen-bond acceptors (Lipinski definition) is 2. The Morgan fingerprint density at radius 3 is 2.47 bits per heavy atom. The molecule has 1 aromatic carbocycles. The first-order chi connectivity index (χ1) is 8.15. The first kappa shape index (κ1) is 12.6. The van der Waals surface area contributed by atoms with Crippen molar-refractivity contribution in [2.24, 2.45) is 5.73 Å². The maximum Gasteiger partial charge on any atom is 0.129 e. The second-order valence-electron chi connectivity index (χ2n) is 3.85. The minimum atomic E-state index is -0.0547. The van der Waals surface area contributed by atoms with Crippen LogP contribution in [0.3, 0.4) is 0 Å². The summed E-state index contributed by atoms with van der Waals surface area (Å²) >= 11 is 9.15. The van der Waals surface area contributed by atoms with E-state index in [9.17, 15) is 0 Å². The van der Waals surface area contributed by atoms with Crippen LogP contribution in [0.1, 0.15) is 17.2 Å². The molecular formula is C13H12BrClN2. The minimum absolute atomic E-state index is 0.0547. The lowest BCUT2D eigenvalue weighted by molar-refractivity contribution is 0.718. The largest absolute Gasteiger partial charge is 0.324 e. The van der Waals surface area contributed by atoms with Gasteiger partial charge in [-0.3, -0.25) is 0 Å². The fourth-order valence-electron chi connectivity index (χ4n) is 1.60. The number of halogens is 2. The molecule has 0 saturated heterocycles. The van der Waals surface area contributed by atoms with E-state index in [2.05, 4.69) is 33.0 Å². The number of pyridine rings is 1. The lowest BCUT2D eigenvalue weighted by atomic mass is 10.0. The van der Waals surface area contributed by atoms with Crippen molar-refractivity contribution in [3.63, 3.8) is 0 Å². The molecule has 1 unspecified atom stereocenters. The van der Waals surface area contributed by atoms with Gasteiger partial charge in [0.25, 0.3) is 0 Å². The van der Waals surface area contributed by atoms with E-state index < -0.39 is 0 Å². The van der Waals surface area contributed by atoms with Crippen LogP contribution in [0.5, 0.6) is 0 Å². The number of nitrogens with zero attached hydrogens (tertiary/aromatic N) is 1. The van der Waals surface area contributed by atoms with E-state index in [4.69, 9.17) is 17.3 Å². The highest BCUT2D eigenvalue weighted by atomic mass is 79.9. The zero-order chi connectivity index (χ0) is 12.3. The number of nitrogens with two attached hydrogens (primary N) is 1. The molecule has 2 rings (SSSR count). The molecule has 0 aliphatic heterocycles. The van der Waals surface area contributed by atoms with Crippen LogP contribution < -0.4 is 5.73 Å². The smallest absolute Gasteiger partial charge is 0.129 e. The zero-order valence-corrected chi connectivity index (χ0v) is 11.4. The Kier molecular flexibility index (Phi) is 4.15. The van der Waals surface area contributed by atoms with Crippen molar-refractivity contribution in [3.05, 3.63) is 63.3 Å². The molecule has 2 nitrogen and oxygen atoms in total. The summed E-state index contributed by atoms with van der Waals surface area (Å²) < 4.78 is 1.07. The normalized spacial score (nSPS) is 12.4. The number of benzene rings is 1. The van der Waals surface area contributed by atoms with E-state index in [1.54, 1.807) is 12.3 Å². The summed E-state index contributed by atoms with van der Waals surface area (Å²) in [6.07, 6.45) is 2.52. The van der Waals surface area contributed by atoms with Crippen molar-refractivity contribution < 1.29 is 0 Å². The average Bonchev–Trinajstić information content (AvgIpc) is 2.33. The van der Waals surface area contributed by atoms with Crippen LogP contribution in [0, 0.1) is 0 Å². The molecule has 0 aliphatic carbocycles. The molecule has 0 radical (unpaired) electrons. The third-order valence-corrected chi connectivity index (χ3v) is 3.30. The number of rotatable bonds is 3. The molecule has 1 atom stereocenters. The van der Waals surface area contributed by atoms with E-state index in [-0.39, 0.29) is 6.04 Å². The highest BCUT2D eigenvalue weighted by Crippen LogP contribution is 2.18. The average molecular weight is 312 g/mol. The second-order valence-corrected chi connectivity index (χ2v) is 5.15. The van der Waals surface area contributed by atoms with E-state index in [0.717, 1.165) is 16.5 Å². The van der Waals surface area contributed by atoms with Crippen LogP contribution in [0.2, 0.25) is 5.15 Å². The van der Waals surface area contributed by atoms with Gasteiger partial charge in [0.15, 0.2) is 0 Å². The SMILES string of the molecule is NC(Cc1ccc(Br)cc1)c1ccc(Cl)nc1. The van der Waals surface area contributed by atoms with Crippen LogP contribution in [0.4, 0.5) is 0 Å². The van der Waals surface area contributed by atoms with Crippen LogP contribution in [0.15, 0.2) is 47.1 Å². The molecule has 4 heteroatoms. The highest BCUT2D eigenvalue weighted by Gasteiger charge is 2.07. The third kappa shape index (κ3) is 3.53. The maximum atomic E-state index is 6.12. The van der Waals surface area contributed by atoms with Crippen molar-refractivity contribution in [2.75, 3.05) is 0 Å². The molecule has 0 fully saturated rings. The lowest BCUT2D eigenvalue weighted by Crippen LogP contribution is -2.13. The molecule has 2 aromatic rings. The first-order valence-electron chi connectivity index (χ1n) is 5.26.